The topological polar surface area (TPSA) is 54.4 Å². The normalized spacial score (nSPS) is 11.0. The smallest absolute Gasteiger partial charge is 0.281 e. The molecule has 46 valence electrons. The van der Waals surface area contributed by atoms with Gasteiger partial charge >= 0.3 is 8.03 Å². The Balaban J connectivity index is 3.18. The zero-order valence-electron chi connectivity index (χ0n) is 4.00. The molecule has 0 spiro atoms. The van der Waals surface area contributed by atoms with E-state index in [-0.39, 0.29) is 12.6 Å². The van der Waals surface area contributed by atoms with Crippen molar-refractivity contribution in [2.75, 3.05) is 6.16 Å². The molecule has 0 saturated carbocycles. The average Bonchev–Trinajstić information content (AvgIpc) is 1.61. The molecule has 0 aliphatic heterocycles. The van der Waals surface area contributed by atoms with E-state index in [9.17, 15) is 9.36 Å². The van der Waals surface area contributed by atoms with Crippen molar-refractivity contribution in [3.8, 4) is 0 Å². The Morgan fingerprint density at radius 3 is 2.38 bits per heavy atom. The zero-order chi connectivity index (χ0) is 6.57. The Morgan fingerprint density at radius 1 is 1.75 bits per heavy atom. The predicted molar refractivity (Wildman–Crippen MR) is 30.2 cm³/mol. The van der Waals surface area contributed by atoms with Gasteiger partial charge in [-0.1, -0.05) is 0 Å². The van der Waals surface area contributed by atoms with Crippen LogP contribution in [0.1, 0.15) is 6.42 Å². The molecule has 3 nitrogen and oxygen atoms in total. The highest BCUT2D eigenvalue weighted by atomic mass is 35.5. The summed E-state index contributed by atoms with van der Waals surface area (Å²) in [7, 11) is -2.19. The molecular weight excluding hydrogens is 150 g/mol. The molecule has 0 aromatic heterocycles. The highest BCUT2D eigenvalue weighted by Gasteiger charge is 2.11. The van der Waals surface area contributed by atoms with Crippen LogP contribution in [-0.2, 0) is 9.36 Å². The second-order valence-corrected chi connectivity index (χ2v) is 2.75. The maximum absolute atomic E-state index is 9.87. The van der Waals surface area contributed by atoms with E-state index in [0.717, 1.165) is 0 Å². The molecule has 0 aliphatic carbocycles. The van der Waals surface area contributed by atoms with Gasteiger partial charge in [0.15, 0.2) is 6.16 Å². The molecule has 5 heteroatoms. The quantitative estimate of drug-likeness (QED) is 0.486. The fourth-order valence-electron chi connectivity index (χ4n) is 0.184. The highest BCUT2D eigenvalue weighted by molar-refractivity contribution is 7.38. The van der Waals surface area contributed by atoms with Gasteiger partial charge in [-0.05, 0) is 16.2 Å². The van der Waals surface area contributed by atoms with Crippen LogP contribution in [-0.4, -0.2) is 16.3 Å². The van der Waals surface area contributed by atoms with Crippen LogP contribution in [0.15, 0.2) is 0 Å². The molecule has 0 heterocycles. The molecule has 8 heavy (non-hydrogen) atoms. The standard InChI is InChI=1S/C3H4ClO3P/c4-3(5)1-2-8(6)7/h1-2H2/p+1. The van der Waals surface area contributed by atoms with Crippen LogP contribution in [0.4, 0.5) is 0 Å². The van der Waals surface area contributed by atoms with E-state index >= 15 is 0 Å². The van der Waals surface area contributed by atoms with E-state index < -0.39 is 13.3 Å². The largest absolute Gasteiger partial charge is 0.505 e. The first kappa shape index (κ1) is 8.02. The Bertz CT molecular complexity index is 99.1. The number of halogens is 1. The molecular formula is C3H5ClO3P+. The van der Waals surface area contributed by atoms with E-state index in [2.05, 4.69) is 0 Å². The number of rotatable bonds is 3. The SMILES string of the molecule is O=C(Cl)CC[P+](=O)O. The summed E-state index contributed by atoms with van der Waals surface area (Å²) in [6.45, 7) is 0. The minimum atomic E-state index is -2.19. The molecule has 0 aromatic carbocycles. The summed E-state index contributed by atoms with van der Waals surface area (Å²) < 4.78 is 9.84. The lowest BCUT2D eigenvalue weighted by molar-refractivity contribution is -0.111. The van der Waals surface area contributed by atoms with Gasteiger partial charge in [-0.15, -0.1) is 0 Å². The first-order valence-electron chi connectivity index (χ1n) is 1.95. The van der Waals surface area contributed by atoms with Crippen molar-refractivity contribution >= 4 is 24.9 Å². The van der Waals surface area contributed by atoms with Gasteiger partial charge in [0.25, 0.3) is 0 Å². The van der Waals surface area contributed by atoms with Crippen LogP contribution in [0, 0.1) is 0 Å². The molecule has 0 aromatic rings. The van der Waals surface area contributed by atoms with Gasteiger partial charge in [0, 0.05) is 0 Å². The summed E-state index contributed by atoms with van der Waals surface area (Å²) in [5, 5.41) is -0.567. The number of hydrogen-bond donors (Lipinski definition) is 1. The van der Waals surface area contributed by atoms with Gasteiger partial charge in [-0.2, -0.15) is 4.89 Å². The minimum Gasteiger partial charge on any atom is -0.281 e. The first-order chi connectivity index (χ1) is 3.63. The van der Waals surface area contributed by atoms with Crippen molar-refractivity contribution < 1.29 is 14.3 Å². The van der Waals surface area contributed by atoms with Crippen molar-refractivity contribution in [3.63, 3.8) is 0 Å². The third-order valence-electron chi connectivity index (χ3n) is 0.500. The molecule has 0 aliphatic rings. The Kier molecular flexibility index (Phi) is 3.97. The second kappa shape index (κ2) is 3.96. The average molecular weight is 155 g/mol. The lowest BCUT2D eigenvalue weighted by atomic mass is 10.6. The fraction of sp³-hybridized carbons (Fsp3) is 0.667. The molecule has 0 radical (unpaired) electrons. The Labute approximate surface area is 52.5 Å². The van der Waals surface area contributed by atoms with Gasteiger partial charge < -0.3 is 0 Å². The van der Waals surface area contributed by atoms with E-state index in [4.69, 9.17) is 16.5 Å². The monoisotopic (exact) mass is 155 g/mol. The maximum atomic E-state index is 9.87. The van der Waals surface area contributed by atoms with Gasteiger partial charge in [0.1, 0.15) is 0 Å². The lowest BCUT2D eigenvalue weighted by Crippen LogP contribution is -1.86. The van der Waals surface area contributed by atoms with E-state index in [1.165, 1.54) is 0 Å². The molecule has 0 bridgehead atoms. The van der Waals surface area contributed by atoms with E-state index in [1.807, 2.05) is 0 Å². The van der Waals surface area contributed by atoms with Crippen LogP contribution < -0.4 is 0 Å². The number of carbonyl (C=O) groups is 1. The maximum Gasteiger partial charge on any atom is 0.505 e. The summed E-state index contributed by atoms with van der Waals surface area (Å²) in [6.07, 6.45) is -0.0507. The Hall–Kier alpha value is 0.0200. The third kappa shape index (κ3) is 6.02. The molecule has 0 rings (SSSR count). The third-order valence-corrected chi connectivity index (χ3v) is 1.29. The summed E-state index contributed by atoms with van der Waals surface area (Å²) in [5.74, 6) is 0. The lowest BCUT2D eigenvalue weighted by Gasteiger charge is -1.74. The highest BCUT2D eigenvalue weighted by Crippen LogP contribution is 2.13. The van der Waals surface area contributed by atoms with Crippen LogP contribution >= 0.6 is 19.6 Å². The van der Waals surface area contributed by atoms with E-state index in [1.54, 1.807) is 0 Å². The van der Waals surface area contributed by atoms with Crippen molar-refractivity contribution in [1.29, 1.82) is 0 Å². The van der Waals surface area contributed by atoms with Crippen molar-refractivity contribution in [2.45, 2.75) is 6.42 Å². The molecule has 0 saturated heterocycles. The summed E-state index contributed by atoms with van der Waals surface area (Å²) >= 11 is 4.84. The van der Waals surface area contributed by atoms with Crippen LogP contribution in [0.3, 0.4) is 0 Å². The number of carbonyl (C=O) groups excluding carboxylic acids is 1. The van der Waals surface area contributed by atoms with Crippen LogP contribution in [0.2, 0.25) is 0 Å². The first-order valence-corrected chi connectivity index (χ1v) is 3.72. The summed E-state index contributed by atoms with van der Waals surface area (Å²) in [6, 6.07) is 0. The van der Waals surface area contributed by atoms with Crippen LogP contribution in [0.5, 0.6) is 0 Å². The van der Waals surface area contributed by atoms with Gasteiger partial charge in [-0.3, -0.25) is 4.79 Å². The van der Waals surface area contributed by atoms with Crippen molar-refractivity contribution in [2.24, 2.45) is 0 Å². The molecule has 0 amide bonds. The zero-order valence-corrected chi connectivity index (χ0v) is 5.65. The van der Waals surface area contributed by atoms with Crippen molar-refractivity contribution in [3.05, 3.63) is 0 Å². The molecule has 1 atom stereocenters. The summed E-state index contributed by atoms with van der Waals surface area (Å²) in [5.41, 5.74) is 0. The second-order valence-electron chi connectivity index (χ2n) is 1.18. The minimum absolute atomic E-state index is 0.0206. The van der Waals surface area contributed by atoms with Crippen molar-refractivity contribution in [1.82, 2.24) is 0 Å². The van der Waals surface area contributed by atoms with Gasteiger partial charge in [0.2, 0.25) is 5.24 Å². The van der Waals surface area contributed by atoms with E-state index in [0.29, 0.717) is 0 Å². The summed E-state index contributed by atoms with van der Waals surface area (Å²) in [4.78, 5) is 18.0. The molecule has 0 fully saturated rings. The van der Waals surface area contributed by atoms with Gasteiger partial charge in [0.05, 0.1) is 6.42 Å². The predicted octanol–water partition coefficient (Wildman–Crippen LogP) is 0.877. The fourth-order valence-corrected chi connectivity index (χ4v) is 0.804. The number of hydrogen-bond acceptors (Lipinski definition) is 2. The Morgan fingerprint density at radius 2 is 2.25 bits per heavy atom. The molecule has 1 N–H and O–H groups in total. The molecule has 1 unspecified atom stereocenters. The van der Waals surface area contributed by atoms with Crippen LogP contribution in [0.25, 0.3) is 0 Å². The van der Waals surface area contributed by atoms with Gasteiger partial charge in [-0.25, -0.2) is 0 Å².